The van der Waals surface area contributed by atoms with Gasteiger partial charge in [-0.25, -0.2) is 0 Å². The van der Waals surface area contributed by atoms with Crippen molar-refractivity contribution in [2.45, 2.75) is 20.3 Å². The number of Topliss-reactive ketones (excluding diaryl/α,β-unsaturated/α-hetero) is 1. The van der Waals surface area contributed by atoms with E-state index in [-0.39, 0.29) is 18.3 Å². The van der Waals surface area contributed by atoms with Crippen molar-refractivity contribution in [2.24, 2.45) is 5.92 Å². The molecule has 0 aromatic rings. The van der Waals surface area contributed by atoms with Gasteiger partial charge in [-0.15, -0.1) is 0 Å². The molecule has 2 heteroatoms. The van der Waals surface area contributed by atoms with Gasteiger partial charge in [0.2, 0.25) is 0 Å². The number of hydrogen-bond acceptors (Lipinski definition) is 2. The minimum atomic E-state index is -0.335. The predicted molar refractivity (Wildman–Crippen MR) is 40.7 cm³/mol. The third-order valence-corrected chi connectivity index (χ3v) is 1.43. The van der Waals surface area contributed by atoms with E-state index in [1.54, 1.807) is 0 Å². The van der Waals surface area contributed by atoms with Crippen LogP contribution < -0.4 is 0 Å². The molecule has 58 valence electrons. The van der Waals surface area contributed by atoms with Crippen molar-refractivity contribution >= 4 is 5.78 Å². The highest BCUT2D eigenvalue weighted by atomic mass is 16.3. The second-order valence-electron chi connectivity index (χ2n) is 2.33. The van der Waals surface area contributed by atoms with Gasteiger partial charge in [-0.3, -0.25) is 4.79 Å². The maximum absolute atomic E-state index is 10.7. The highest BCUT2D eigenvalue weighted by Gasteiger charge is 2.08. The molecular formula is C8H14O2. The van der Waals surface area contributed by atoms with Crippen LogP contribution in [0.3, 0.4) is 0 Å². The van der Waals surface area contributed by atoms with Crippen LogP contribution >= 0.6 is 0 Å². The Morgan fingerprint density at radius 2 is 2.30 bits per heavy atom. The topological polar surface area (TPSA) is 37.3 Å². The van der Waals surface area contributed by atoms with Crippen molar-refractivity contribution in [3.63, 3.8) is 0 Å². The summed E-state index contributed by atoms with van der Waals surface area (Å²) in [7, 11) is 0. The molecule has 1 N–H and O–H groups in total. The van der Waals surface area contributed by atoms with Crippen molar-refractivity contribution in [3.05, 3.63) is 12.2 Å². The zero-order valence-corrected chi connectivity index (χ0v) is 6.50. The molecule has 0 heterocycles. The summed E-state index contributed by atoms with van der Waals surface area (Å²) in [4.78, 5) is 10.7. The summed E-state index contributed by atoms with van der Waals surface area (Å²) in [5.41, 5.74) is 0. The molecule has 0 aromatic carbocycles. The predicted octanol–water partition coefficient (Wildman–Crippen LogP) is 1.15. The van der Waals surface area contributed by atoms with Gasteiger partial charge in [0.15, 0.2) is 5.78 Å². The van der Waals surface area contributed by atoms with Gasteiger partial charge in [0.1, 0.15) is 6.61 Å². The zero-order valence-electron chi connectivity index (χ0n) is 6.50. The number of carbonyl (C=O) groups excluding carboxylic acids is 1. The van der Waals surface area contributed by atoms with Gasteiger partial charge in [-0.1, -0.05) is 19.1 Å². The van der Waals surface area contributed by atoms with Gasteiger partial charge in [0, 0.05) is 5.92 Å². The summed E-state index contributed by atoms with van der Waals surface area (Å²) >= 11 is 0. The minimum absolute atomic E-state index is 0.0406. The molecule has 0 saturated heterocycles. The standard InChI is InChI=1S/C8H14O2/c1-3-4-5-7(2)8(10)6-9/h3-4,7,9H,5-6H2,1-2H3/t7-/m1/s1. The fourth-order valence-corrected chi connectivity index (χ4v) is 0.627. The first-order valence-corrected chi connectivity index (χ1v) is 3.47. The number of hydrogen-bond donors (Lipinski definition) is 1. The average molecular weight is 142 g/mol. The van der Waals surface area contributed by atoms with E-state index in [0.717, 1.165) is 6.42 Å². The Labute approximate surface area is 61.6 Å². The zero-order chi connectivity index (χ0) is 7.98. The molecule has 10 heavy (non-hydrogen) atoms. The fourth-order valence-electron chi connectivity index (χ4n) is 0.627. The molecule has 0 aliphatic carbocycles. The third kappa shape index (κ3) is 3.41. The number of rotatable bonds is 4. The lowest BCUT2D eigenvalue weighted by Gasteiger charge is -2.02. The average Bonchev–Trinajstić information content (AvgIpc) is 1.98. The summed E-state index contributed by atoms with van der Waals surface area (Å²) in [5, 5.41) is 8.43. The van der Waals surface area contributed by atoms with E-state index in [9.17, 15) is 4.79 Å². The van der Waals surface area contributed by atoms with E-state index in [1.807, 2.05) is 26.0 Å². The summed E-state index contributed by atoms with van der Waals surface area (Å²) < 4.78 is 0. The second kappa shape index (κ2) is 5.18. The van der Waals surface area contributed by atoms with Gasteiger partial charge in [-0.2, -0.15) is 0 Å². The van der Waals surface area contributed by atoms with Gasteiger partial charge in [-0.05, 0) is 13.3 Å². The van der Waals surface area contributed by atoms with Crippen LogP contribution in [0.4, 0.5) is 0 Å². The Bertz CT molecular complexity index is 127. The molecule has 0 spiro atoms. The van der Waals surface area contributed by atoms with Crippen LogP contribution in [0.25, 0.3) is 0 Å². The maximum Gasteiger partial charge on any atom is 0.161 e. The molecule has 0 rings (SSSR count). The summed E-state index contributed by atoms with van der Waals surface area (Å²) in [5.74, 6) is -0.126. The van der Waals surface area contributed by atoms with Gasteiger partial charge >= 0.3 is 0 Å². The lowest BCUT2D eigenvalue weighted by atomic mass is 10.0. The van der Waals surface area contributed by atoms with Crippen molar-refractivity contribution < 1.29 is 9.90 Å². The van der Waals surface area contributed by atoms with E-state index in [0.29, 0.717) is 0 Å². The first kappa shape index (κ1) is 9.37. The number of aliphatic hydroxyl groups is 1. The Kier molecular flexibility index (Phi) is 4.85. The molecule has 0 unspecified atom stereocenters. The third-order valence-electron chi connectivity index (χ3n) is 1.43. The lowest BCUT2D eigenvalue weighted by molar-refractivity contribution is -0.125. The van der Waals surface area contributed by atoms with Crippen LogP contribution in [0, 0.1) is 5.92 Å². The fraction of sp³-hybridized carbons (Fsp3) is 0.625. The molecule has 0 fully saturated rings. The van der Waals surface area contributed by atoms with Crippen LogP contribution in [-0.4, -0.2) is 17.5 Å². The van der Waals surface area contributed by atoms with Crippen LogP contribution in [0.2, 0.25) is 0 Å². The summed E-state index contributed by atoms with van der Waals surface area (Å²) in [6.07, 6.45) is 4.56. The molecule has 0 radical (unpaired) electrons. The molecule has 1 atom stereocenters. The van der Waals surface area contributed by atoms with Gasteiger partial charge < -0.3 is 5.11 Å². The quantitative estimate of drug-likeness (QED) is 0.598. The van der Waals surface area contributed by atoms with E-state index < -0.39 is 0 Å². The first-order chi connectivity index (χ1) is 4.72. The van der Waals surface area contributed by atoms with Crippen molar-refractivity contribution in [1.82, 2.24) is 0 Å². The summed E-state index contributed by atoms with van der Waals surface area (Å²) in [6, 6.07) is 0. The Morgan fingerprint density at radius 1 is 1.70 bits per heavy atom. The van der Waals surface area contributed by atoms with Gasteiger partial charge in [0.05, 0.1) is 0 Å². The molecule has 0 aliphatic rings. The van der Waals surface area contributed by atoms with Crippen molar-refractivity contribution in [2.75, 3.05) is 6.61 Å². The Balaban J connectivity index is 3.61. The molecule has 0 aliphatic heterocycles. The SMILES string of the molecule is CC=CC[C@@H](C)C(=O)CO. The first-order valence-electron chi connectivity index (χ1n) is 3.47. The Hall–Kier alpha value is -0.630. The monoisotopic (exact) mass is 142 g/mol. The summed E-state index contributed by atoms with van der Waals surface area (Å²) in [6.45, 7) is 3.40. The highest BCUT2D eigenvalue weighted by Crippen LogP contribution is 2.03. The van der Waals surface area contributed by atoms with Crippen LogP contribution in [-0.2, 0) is 4.79 Å². The normalized spacial score (nSPS) is 13.9. The van der Waals surface area contributed by atoms with Crippen LogP contribution in [0.5, 0.6) is 0 Å². The van der Waals surface area contributed by atoms with E-state index in [4.69, 9.17) is 5.11 Å². The van der Waals surface area contributed by atoms with E-state index in [1.165, 1.54) is 0 Å². The molecule has 0 bridgehead atoms. The van der Waals surface area contributed by atoms with E-state index >= 15 is 0 Å². The van der Waals surface area contributed by atoms with E-state index in [2.05, 4.69) is 0 Å². The largest absolute Gasteiger partial charge is 0.389 e. The molecular weight excluding hydrogens is 128 g/mol. The Morgan fingerprint density at radius 3 is 2.70 bits per heavy atom. The number of allylic oxidation sites excluding steroid dienone is 2. The molecule has 0 saturated carbocycles. The number of carbonyl (C=O) groups is 1. The minimum Gasteiger partial charge on any atom is -0.389 e. The maximum atomic E-state index is 10.7. The molecule has 0 amide bonds. The van der Waals surface area contributed by atoms with Crippen molar-refractivity contribution in [3.8, 4) is 0 Å². The number of aliphatic hydroxyl groups excluding tert-OH is 1. The second-order valence-corrected chi connectivity index (χ2v) is 2.33. The molecule has 2 nitrogen and oxygen atoms in total. The number of ketones is 1. The smallest absolute Gasteiger partial charge is 0.161 e. The molecule has 0 aromatic heterocycles. The lowest BCUT2D eigenvalue weighted by Crippen LogP contribution is -2.13. The van der Waals surface area contributed by atoms with Crippen LogP contribution in [0.15, 0.2) is 12.2 Å². The highest BCUT2D eigenvalue weighted by molar-refractivity contribution is 5.81. The van der Waals surface area contributed by atoms with Crippen molar-refractivity contribution in [1.29, 1.82) is 0 Å². The van der Waals surface area contributed by atoms with Gasteiger partial charge in [0.25, 0.3) is 0 Å². The van der Waals surface area contributed by atoms with Crippen LogP contribution in [0.1, 0.15) is 20.3 Å².